The number of carbonyl (C=O) groups excluding carboxylic acids is 2. The fraction of sp³-hybridized carbons (Fsp3) is 0.579. The van der Waals surface area contributed by atoms with Gasteiger partial charge < -0.3 is 4.74 Å². The Bertz CT molecular complexity index is 711. The maximum absolute atomic E-state index is 13.1. The largest absolute Gasteiger partial charge is 0.437 e. The third-order valence-corrected chi connectivity index (χ3v) is 6.29. The number of anilines is 1. The number of fused-ring (bicyclic) bond motifs is 1. The molecule has 24 heavy (non-hydrogen) atoms. The van der Waals surface area contributed by atoms with Crippen molar-refractivity contribution >= 4 is 28.9 Å². The van der Waals surface area contributed by atoms with Gasteiger partial charge in [0, 0.05) is 10.8 Å². The zero-order valence-electron chi connectivity index (χ0n) is 15.0. The number of nitrogens with zero attached hydrogens (tertiary/aromatic N) is 1. The number of carbonyl (C=O) groups is 2. The van der Waals surface area contributed by atoms with Crippen LogP contribution in [-0.2, 0) is 14.9 Å². The molecule has 1 amide bonds. The van der Waals surface area contributed by atoms with Crippen molar-refractivity contribution in [2.45, 2.75) is 65.5 Å². The van der Waals surface area contributed by atoms with Crippen molar-refractivity contribution in [2.75, 3.05) is 4.90 Å². The third kappa shape index (κ3) is 3.02. The third-order valence-electron chi connectivity index (χ3n) is 4.76. The van der Waals surface area contributed by atoms with Crippen molar-refractivity contribution in [1.29, 1.82) is 0 Å². The number of hydrogen-bond donors (Lipinski definition) is 0. The highest BCUT2D eigenvalue weighted by atomic mass is 32.1. The van der Waals surface area contributed by atoms with Gasteiger partial charge in [-0.3, -0.25) is 9.69 Å². The molecule has 1 aromatic heterocycles. The molecule has 0 spiro atoms. The van der Waals surface area contributed by atoms with Crippen LogP contribution in [0.1, 0.15) is 68.4 Å². The van der Waals surface area contributed by atoms with Gasteiger partial charge in [0.25, 0.3) is 0 Å². The molecule has 1 aromatic rings. The van der Waals surface area contributed by atoms with Crippen LogP contribution >= 0.6 is 11.3 Å². The van der Waals surface area contributed by atoms with Gasteiger partial charge >= 0.3 is 5.97 Å². The summed E-state index contributed by atoms with van der Waals surface area (Å²) in [6.07, 6.45) is 4.20. The van der Waals surface area contributed by atoms with Crippen LogP contribution in [0.2, 0.25) is 0 Å². The molecule has 0 saturated carbocycles. The average Bonchev–Trinajstić information content (AvgIpc) is 2.93. The smallest absolute Gasteiger partial charge is 0.352 e. The van der Waals surface area contributed by atoms with Gasteiger partial charge in [0.05, 0.1) is 5.69 Å². The number of amides is 1. The SMILES string of the molecule is CC1=CC[C@@H](C(=O)N2c3cc(C(C)(C)C)sc3C(=O)OC2C)CC1. The maximum Gasteiger partial charge on any atom is 0.352 e. The van der Waals surface area contributed by atoms with E-state index < -0.39 is 6.23 Å². The van der Waals surface area contributed by atoms with E-state index >= 15 is 0 Å². The molecule has 2 aliphatic rings. The summed E-state index contributed by atoms with van der Waals surface area (Å²) in [6, 6.07) is 2.00. The second-order valence-electron chi connectivity index (χ2n) is 7.81. The molecule has 0 aromatic carbocycles. The summed E-state index contributed by atoms with van der Waals surface area (Å²) in [5.41, 5.74) is 2.01. The molecule has 1 aliphatic heterocycles. The van der Waals surface area contributed by atoms with Gasteiger partial charge in [-0.2, -0.15) is 0 Å². The fourth-order valence-corrected chi connectivity index (χ4v) is 4.31. The van der Waals surface area contributed by atoms with Crippen molar-refractivity contribution in [3.8, 4) is 0 Å². The molecule has 4 nitrogen and oxygen atoms in total. The number of ether oxygens (including phenoxy) is 1. The van der Waals surface area contributed by atoms with Gasteiger partial charge in [-0.05, 0) is 44.6 Å². The number of hydrogen-bond acceptors (Lipinski definition) is 4. The Morgan fingerprint density at radius 2 is 2.08 bits per heavy atom. The molecule has 3 rings (SSSR count). The molecule has 5 heteroatoms. The van der Waals surface area contributed by atoms with Crippen LogP contribution in [0.4, 0.5) is 5.69 Å². The van der Waals surface area contributed by atoms with E-state index in [9.17, 15) is 9.59 Å². The zero-order chi connectivity index (χ0) is 17.6. The summed E-state index contributed by atoms with van der Waals surface area (Å²) in [6.45, 7) is 10.2. The van der Waals surface area contributed by atoms with Gasteiger partial charge in [0.1, 0.15) is 4.88 Å². The number of rotatable bonds is 1. The second kappa shape index (κ2) is 6.03. The summed E-state index contributed by atoms with van der Waals surface area (Å²) < 4.78 is 5.45. The summed E-state index contributed by atoms with van der Waals surface area (Å²) in [4.78, 5) is 28.7. The van der Waals surface area contributed by atoms with E-state index in [0.717, 1.165) is 29.8 Å². The van der Waals surface area contributed by atoms with Crippen LogP contribution in [0.25, 0.3) is 0 Å². The molecule has 0 radical (unpaired) electrons. The molecule has 0 saturated heterocycles. The van der Waals surface area contributed by atoms with Gasteiger partial charge in [-0.1, -0.05) is 32.4 Å². The monoisotopic (exact) mass is 347 g/mol. The molecule has 2 heterocycles. The van der Waals surface area contributed by atoms with Crippen molar-refractivity contribution in [2.24, 2.45) is 5.92 Å². The number of allylic oxidation sites excluding steroid dienone is 2. The van der Waals surface area contributed by atoms with Crippen LogP contribution in [0.3, 0.4) is 0 Å². The van der Waals surface area contributed by atoms with Crippen LogP contribution < -0.4 is 4.90 Å². The highest BCUT2D eigenvalue weighted by molar-refractivity contribution is 7.14. The second-order valence-corrected chi connectivity index (χ2v) is 8.86. The van der Waals surface area contributed by atoms with Crippen molar-refractivity contribution in [1.82, 2.24) is 0 Å². The lowest BCUT2D eigenvalue weighted by Crippen LogP contribution is -2.47. The molecule has 0 N–H and O–H groups in total. The van der Waals surface area contributed by atoms with Crippen LogP contribution in [-0.4, -0.2) is 18.1 Å². The summed E-state index contributed by atoms with van der Waals surface area (Å²) >= 11 is 1.44. The van der Waals surface area contributed by atoms with Crippen LogP contribution in [0.15, 0.2) is 17.7 Å². The summed E-state index contributed by atoms with van der Waals surface area (Å²) in [5.74, 6) is -0.279. The Morgan fingerprint density at radius 1 is 1.38 bits per heavy atom. The Kier molecular flexibility index (Phi) is 4.32. The van der Waals surface area contributed by atoms with Crippen molar-refractivity contribution in [3.05, 3.63) is 27.5 Å². The number of thiophene rings is 1. The molecule has 0 bridgehead atoms. The predicted molar refractivity (Wildman–Crippen MR) is 96.5 cm³/mol. The summed E-state index contributed by atoms with van der Waals surface area (Å²) in [5, 5.41) is 0. The van der Waals surface area contributed by atoms with E-state index in [1.807, 2.05) is 6.07 Å². The molecule has 1 unspecified atom stereocenters. The Hall–Kier alpha value is -1.62. The Morgan fingerprint density at radius 3 is 2.67 bits per heavy atom. The van der Waals surface area contributed by atoms with Gasteiger partial charge in [-0.25, -0.2) is 4.79 Å². The zero-order valence-corrected chi connectivity index (χ0v) is 15.8. The van der Waals surface area contributed by atoms with Crippen LogP contribution in [0, 0.1) is 5.92 Å². The normalized spacial score (nSPS) is 24.3. The first-order chi connectivity index (χ1) is 11.2. The maximum atomic E-state index is 13.1. The highest BCUT2D eigenvalue weighted by Crippen LogP contribution is 2.42. The Balaban J connectivity index is 1.97. The first kappa shape index (κ1) is 17.2. The average molecular weight is 347 g/mol. The molecule has 0 fully saturated rings. The van der Waals surface area contributed by atoms with E-state index in [4.69, 9.17) is 4.74 Å². The number of esters is 1. The number of cyclic esters (lactones) is 1. The molecular formula is C19H25NO3S. The highest BCUT2D eigenvalue weighted by Gasteiger charge is 2.39. The lowest BCUT2D eigenvalue weighted by molar-refractivity contribution is -0.124. The minimum atomic E-state index is -0.549. The van der Waals surface area contributed by atoms with Gasteiger partial charge in [0.2, 0.25) is 5.91 Å². The molecule has 130 valence electrons. The fourth-order valence-electron chi connectivity index (χ4n) is 3.22. The van der Waals surface area contributed by atoms with E-state index in [1.54, 1.807) is 11.8 Å². The first-order valence-corrected chi connectivity index (χ1v) is 9.34. The lowest BCUT2D eigenvalue weighted by Gasteiger charge is -2.35. The van der Waals surface area contributed by atoms with Crippen molar-refractivity contribution < 1.29 is 14.3 Å². The minimum Gasteiger partial charge on any atom is -0.437 e. The standard InChI is InChI=1S/C19H25NO3S/c1-11-6-8-13(9-7-11)17(21)20-12(2)23-18(22)16-14(20)10-15(24-16)19(3,4)5/h6,10,12-13H,7-9H2,1-5H3/t12?,13-/m1/s1. The molecule has 2 atom stereocenters. The van der Waals surface area contributed by atoms with Crippen LogP contribution in [0.5, 0.6) is 0 Å². The molecular weight excluding hydrogens is 322 g/mol. The van der Waals surface area contributed by atoms with E-state index in [1.165, 1.54) is 16.9 Å². The van der Waals surface area contributed by atoms with E-state index in [0.29, 0.717) is 4.88 Å². The predicted octanol–water partition coefficient (Wildman–Crippen LogP) is 4.64. The minimum absolute atomic E-state index is 0.0289. The Labute approximate surface area is 147 Å². The van der Waals surface area contributed by atoms with Crippen molar-refractivity contribution in [3.63, 3.8) is 0 Å². The lowest BCUT2D eigenvalue weighted by atomic mass is 9.89. The van der Waals surface area contributed by atoms with Gasteiger partial charge in [0.15, 0.2) is 6.23 Å². The topological polar surface area (TPSA) is 46.6 Å². The summed E-state index contributed by atoms with van der Waals surface area (Å²) in [7, 11) is 0. The first-order valence-electron chi connectivity index (χ1n) is 8.52. The van der Waals surface area contributed by atoms with Gasteiger partial charge in [-0.15, -0.1) is 11.3 Å². The quantitative estimate of drug-likeness (QED) is 0.549. The van der Waals surface area contributed by atoms with E-state index in [-0.39, 0.29) is 23.2 Å². The molecule has 1 aliphatic carbocycles. The van der Waals surface area contributed by atoms with E-state index in [2.05, 4.69) is 33.8 Å².